The van der Waals surface area contributed by atoms with Crippen molar-refractivity contribution < 1.29 is 0 Å². The number of anilines is 2. The number of rotatable bonds is 5. The van der Waals surface area contributed by atoms with Crippen LogP contribution in [-0.2, 0) is 6.54 Å². The molecule has 1 aliphatic heterocycles. The summed E-state index contributed by atoms with van der Waals surface area (Å²) in [5, 5.41) is 3.16. The molecule has 140 valence electrons. The average molecular weight is 465 g/mol. The summed E-state index contributed by atoms with van der Waals surface area (Å²) in [6, 6.07) is 12.4. The number of aromatic nitrogens is 1. The molecule has 1 aliphatic rings. The number of aliphatic imine (C=N–C) groups is 1. The molecular weight excluding hydrogens is 437 g/mol. The first-order valence-corrected chi connectivity index (χ1v) is 8.98. The van der Waals surface area contributed by atoms with Crippen molar-refractivity contribution in [3.05, 3.63) is 53.7 Å². The SMILES string of the molecule is CC(C)c1cccc(NC(N)=NCc2ccc(N3CCCC3)nc2)c1.I. The third-order valence-corrected chi connectivity index (χ3v) is 4.50. The molecule has 5 nitrogen and oxygen atoms in total. The molecule has 1 aromatic heterocycles. The van der Waals surface area contributed by atoms with E-state index in [2.05, 4.69) is 58.3 Å². The van der Waals surface area contributed by atoms with Gasteiger partial charge in [0, 0.05) is 25.0 Å². The minimum Gasteiger partial charge on any atom is -0.370 e. The van der Waals surface area contributed by atoms with E-state index in [1.54, 1.807) is 0 Å². The zero-order valence-corrected chi connectivity index (χ0v) is 17.8. The summed E-state index contributed by atoms with van der Waals surface area (Å²) in [5.41, 5.74) is 9.32. The molecule has 6 heteroatoms. The summed E-state index contributed by atoms with van der Waals surface area (Å²) < 4.78 is 0. The molecular formula is C20H28IN5. The molecule has 0 atom stereocenters. The largest absolute Gasteiger partial charge is 0.370 e. The van der Waals surface area contributed by atoms with Gasteiger partial charge in [0.05, 0.1) is 6.54 Å². The minimum absolute atomic E-state index is 0. The van der Waals surface area contributed by atoms with E-state index >= 15 is 0 Å². The zero-order chi connectivity index (χ0) is 17.6. The Hall–Kier alpha value is -1.83. The second-order valence-corrected chi connectivity index (χ2v) is 6.83. The Labute approximate surface area is 173 Å². The smallest absolute Gasteiger partial charge is 0.193 e. The van der Waals surface area contributed by atoms with Crippen LogP contribution < -0.4 is 16.0 Å². The van der Waals surface area contributed by atoms with Crippen LogP contribution in [0.2, 0.25) is 0 Å². The Bertz CT molecular complexity index is 721. The number of nitrogens with zero attached hydrogens (tertiary/aromatic N) is 3. The van der Waals surface area contributed by atoms with Gasteiger partial charge < -0.3 is 16.0 Å². The number of guanidine groups is 1. The Morgan fingerprint density at radius 3 is 2.65 bits per heavy atom. The van der Waals surface area contributed by atoms with E-state index in [-0.39, 0.29) is 24.0 Å². The van der Waals surface area contributed by atoms with Crippen molar-refractivity contribution in [2.24, 2.45) is 10.7 Å². The monoisotopic (exact) mass is 465 g/mol. The predicted molar refractivity (Wildman–Crippen MR) is 121 cm³/mol. The van der Waals surface area contributed by atoms with E-state index in [0.29, 0.717) is 18.4 Å². The van der Waals surface area contributed by atoms with Crippen molar-refractivity contribution >= 4 is 41.4 Å². The summed E-state index contributed by atoms with van der Waals surface area (Å²) in [6.07, 6.45) is 4.41. The number of nitrogens with one attached hydrogen (secondary N) is 1. The number of benzene rings is 1. The Morgan fingerprint density at radius 2 is 2.00 bits per heavy atom. The van der Waals surface area contributed by atoms with Crippen LogP contribution in [-0.4, -0.2) is 24.0 Å². The van der Waals surface area contributed by atoms with Gasteiger partial charge in [-0.3, -0.25) is 0 Å². The van der Waals surface area contributed by atoms with Gasteiger partial charge in [-0.2, -0.15) is 0 Å². The number of halogens is 1. The summed E-state index contributed by atoms with van der Waals surface area (Å²) in [7, 11) is 0. The second-order valence-electron chi connectivity index (χ2n) is 6.83. The van der Waals surface area contributed by atoms with Crippen LogP contribution >= 0.6 is 24.0 Å². The highest BCUT2D eigenvalue weighted by Gasteiger charge is 2.12. The molecule has 26 heavy (non-hydrogen) atoms. The first-order valence-electron chi connectivity index (χ1n) is 8.98. The van der Waals surface area contributed by atoms with Crippen LogP contribution in [0.4, 0.5) is 11.5 Å². The highest BCUT2D eigenvalue weighted by molar-refractivity contribution is 14.0. The lowest BCUT2D eigenvalue weighted by Crippen LogP contribution is -2.22. The molecule has 2 heterocycles. The molecule has 1 aromatic carbocycles. The minimum atomic E-state index is 0. The highest BCUT2D eigenvalue weighted by atomic mass is 127. The third kappa shape index (κ3) is 5.59. The predicted octanol–water partition coefficient (Wildman–Crippen LogP) is 4.35. The van der Waals surface area contributed by atoms with Gasteiger partial charge in [-0.25, -0.2) is 9.98 Å². The van der Waals surface area contributed by atoms with Gasteiger partial charge in [0.1, 0.15) is 5.82 Å². The van der Waals surface area contributed by atoms with Gasteiger partial charge in [0.2, 0.25) is 0 Å². The first kappa shape index (κ1) is 20.5. The molecule has 1 fully saturated rings. The molecule has 0 spiro atoms. The Morgan fingerprint density at radius 1 is 1.23 bits per heavy atom. The number of nitrogens with two attached hydrogens (primary N) is 1. The molecule has 0 aliphatic carbocycles. The Balaban J connectivity index is 0.00000243. The molecule has 0 amide bonds. The summed E-state index contributed by atoms with van der Waals surface area (Å²) >= 11 is 0. The molecule has 0 unspecified atom stereocenters. The normalized spacial score (nSPS) is 14.4. The fraction of sp³-hybridized carbons (Fsp3) is 0.400. The van der Waals surface area contributed by atoms with Crippen molar-refractivity contribution in [3.63, 3.8) is 0 Å². The zero-order valence-electron chi connectivity index (χ0n) is 15.5. The molecule has 1 saturated heterocycles. The van der Waals surface area contributed by atoms with Crippen LogP contribution in [0.1, 0.15) is 43.7 Å². The standard InChI is InChI=1S/C20H27N5.HI/c1-15(2)17-6-5-7-18(12-17)24-20(21)23-14-16-8-9-19(22-13-16)25-10-3-4-11-25;/h5-9,12-13,15H,3-4,10-11,14H2,1-2H3,(H3,21,23,24);1H. The lowest BCUT2D eigenvalue weighted by molar-refractivity contribution is 0.867. The molecule has 2 aromatic rings. The molecule has 0 saturated carbocycles. The molecule has 3 rings (SSSR count). The van der Waals surface area contributed by atoms with Crippen molar-refractivity contribution in [1.82, 2.24) is 4.98 Å². The summed E-state index contributed by atoms with van der Waals surface area (Å²) in [5.74, 6) is 1.96. The van der Waals surface area contributed by atoms with Gasteiger partial charge in [0.25, 0.3) is 0 Å². The number of hydrogen-bond donors (Lipinski definition) is 2. The average Bonchev–Trinajstić information content (AvgIpc) is 3.15. The Kier molecular flexibility index (Phi) is 7.68. The highest BCUT2D eigenvalue weighted by Crippen LogP contribution is 2.19. The fourth-order valence-corrected chi connectivity index (χ4v) is 2.98. The van der Waals surface area contributed by atoms with Crippen LogP contribution in [0, 0.1) is 0 Å². The van der Waals surface area contributed by atoms with Gasteiger partial charge in [-0.1, -0.05) is 32.0 Å². The van der Waals surface area contributed by atoms with E-state index in [0.717, 1.165) is 30.2 Å². The van der Waals surface area contributed by atoms with Gasteiger partial charge >= 0.3 is 0 Å². The summed E-state index contributed by atoms with van der Waals surface area (Å²) in [6.45, 7) is 7.09. The lowest BCUT2D eigenvalue weighted by Gasteiger charge is -2.16. The number of hydrogen-bond acceptors (Lipinski definition) is 3. The van der Waals surface area contributed by atoms with E-state index in [4.69, 9.17) is 5.73 Å². The van der Waals surface area contributed by atoms with E-state index < -0.39 is 0 Å². The molecule has 0 bridgehead atoms. The van der Waals surface area contributed by atoms with Gasteiger partial charge in [0.15, 0.2) is 5.96 Å². The maximum atomic E-state index is 6.02. The van der Waals surface area contributed by atoms with Crippen molar-refractivity contribution in [1.29, 1.82) is 0 Å². The van der Waals surface area contributed by atoms with Crippen LogP contribution in [0.15, 0.2) is 47.6 Å². The van der Waals surface area contributed by atoms with E-state index in [9.17, 15) is 0 Å². The molecule has 3 N–H and O–H groups in total. The van der Waals surface area contributed by atoms with Crippen molar-refractivity contribution in [3.8, 4) is 0 Å². The summed E-state index contributed by atoms with van der Waals surface area (Å²) in [4.78, 5) is 11.3. The van der Waals surface area contributed by atoms with Crippen molar-refractivity contribution in [2.45, 2.75) is 39.2 Å². The maximum Gasteiger partial charge on any atom is 0.193 e. The lowest BCUT2D eigenvalue weighted by atomic mass is 10.0. The quantitative estimate of drug-likeness (QED) is 0.392. The molecule has 0 radical (unpaired) electrons. The van der Waals surface area contributed by atoms with Gasteiger partial charge in [-0.05, 0) is 48.1 Å². The van der Waals surface area contributed by atoms with E-state index in [1.165, 1.54) is 18.4 Å². The van der Waals surface area contributed by atoms with Crippen LogP contribution in [0.3, 0.4) is 0 Å². The van der Waals surface area contributed by atoms with Gasteiger partial charge in [-0.15, -0.1) is 24.0 Å². The maximum absolute atomic E-state index is 6.02. The van der Waals surface area contributed by atoms with E-state index in [1.807, 2.05) is 18.3 Å². The second kappa shape index (κ2) is 9.75. The van der Waals surface area contributed by atoms with Crippen LogP contribution in [0.5, 0.6) is 0 Å². The third-order valence-electron chi connectivity index (χ3n) is 4.50. The number of pyridine rings is 1. The van der Waals surface area contributed by atoms with Crippen LogP contribution in [0.25, 0.3) is 0 Å². The first-order chi connectivity index (χ1) is 12.1. The fourth-order valence-electron chi connectivity index (χ4n) is 2.98. The topological polar surface area (TPSA) is 66.5 Å². The van der Waals surface area contributed by atoms with Crippen molar-refractivity contribution in [2.75, 3.05) is 23.3 Å².